The van der Waals surface area contributed by atoms with Crippen LogP contribution in [0.5, 0.6) is 0 Å². The van der Waals surface area contributed by atoms with Gasteiger partial charge in [-0.15, -0.1) is 5.10 Å². The number of aryl methyl sites for hydroxylation is 3. The van der Waals surface area contributed by atoms with Crippen LogP contribution in [0.1, 0.15) is 35.7 Å². The third-order valence-electron chi connectivity index (χ3n) is 6.45. The van der Waals surface area contributed by atoms with Gasteiger partial charge in [0.15, 0.2) is 5.82 Å². The molecule has 8 nitrogen and oxygen atoms in total. The van der Waals surface area contributed by atoms with Crippen molar-refractivity contribution < 1.29 is 9.21 Å². The number of halogens is 1. The van der Waals surface area contributed by atoms with Crippen molar-refractivity contribution in [1.29, 1.82) is 0 Å². The molecule has 0 spiro atoms. The Labute approximate surface area is 202 Å². The van der Waals surface area contributed by atoms with E-state index in [1.807, 2.05) is 61.9 Å². The summed E-state index contributed by atoms with van der Waals surface area (Å²) >= 11 is 6.07. The van der Waals surface area contributed by atoms with E-state index >= 15 is 0 Å². The topological polar surface area (TPSA) is 89.1 Å². The van der Waals surface area contributed by atoms with Gasteiger partial charge in [-0.3, -0.25) is 4.79 Å². The number of hydrogen-bond donors (Lipinski definition) is 1. The Morgan fingerprint density at radius 2 is 1.82 bits per heavy atom. The van der Waals surface area contributed by atoms with E-state index < -0.39 is 0 Å². The molecule has 1 N–H and O–H groups in total. The first-order valence-corrected chi connectivity index (χ1v) is 11.8. The molecule has 34 heavy (non-hydrogen) atoms. The minimum atomic E-state index is -0.0328. The predicted octanol–water partition coefficient (Wildman–Crippen LogP) is 4.52. The maximum Gasteiger partial charge on any atom is 0.223 e. The summed E-state index contributed by atoms with van der Waals surface area (Å²) in [4.78, 5) is 14.9. The van der Waals surface area contributed by atoms with E-state index in [1.165, 1.54) is 0 Å². The fourth-order valence-corrected chi connectivity index (χ4v) is 4.74. The molecule has 0 radical (unpaired) electrons. The highest BCUT2D eigenvalue weighted by Crippen LogP contribution is 2.31. The lowest BCUT2D eigenvalue weighted by Crippen LogP contribution is -2.40. The Morgan fingerprint density at radius 1 is 1.09 bits per heavy atom. The van der Waals surface area contributed by atoms with Gasteiger partial charge in [0.05, 0.1) is 29.0 Å². The van der Waals surface area contributed by atoms with Gasteiger partial charge in [0.1, 0.15) is 17.0 Å². The molecule has 1 aliphatic rings. The summed E-state index contributed by atoms with van der Waals surface area (Å²) in [5.74, 6) is 2.41. The van der Waals surface area contributed by atoms with Crippen LogP contribution < -0.4 is 10.2 Å². The van der Waals surface area contributed by atoms with Crippen LogP contribution in [-0.4, -0.2) is 39.0 Å². The highest BCUT2D eigenvalue weighted by molar-refractivity contribution is 6.30. The third-order valence-corrected chi connectivity index (χ3v) is 6.71. The van der Waals surface area contributed by atoms with Crippen LogP contribution in [0.15, 0.2) is 40.8 Å². The largest absolute Gasteiger partial charge is 0.465 e. The number of nitrogens with zero attached hydrogens (tertiary/aromatic N) is 5. The quantitative estimate of drug-likeness (QED) is 0.453. The van der Waals surface area contributed by atoms with Crippen LogP contribution in [0.4, 0.5) is 5.82 Å². The molecule has 1 aromatic carbocycles. The second-order valence-electron chi connectivity index (χ2n) is 8.80. The lowest BCUT2D eigenvalue weighted by atomic mass is 9.95. The molecule has 0 saturated carbocycles. The van der Waals surface area contributed by atoms with E-state index in [4.69, 9.17) is 21.1 Å². The predicted molar refractivity (Wildman–Crippen MR) is 131 cm³/mol. The number of rotatable bonds is 5. The van der Waals surface area contributed by atoms with Crippen LogP contribution in [0.2, 0.25) is 5.02 Å². The van der Waals surface area contributed by atoms with Crippen LogP contribution in [0.25, 0.3) is 16.6 Å². The molecule has 0 atom stereocenters. The normalized spacial score (nSPS) is 14.6. The van der Waals surface area contributed by atoms with Crippen molar-refractivity contribution in [2.45, 2.75) is 40.2 Å². The molecule has 1 amide bonds. The molecule has 176 valence electrons. The highest BCUT2D eigenvalue weighted by Gasteiger charge is 2.28. The molecule has 4 aromatic rings. The van der Waals surface area contributed by atoms with Crippen LogP contribution >= 0.6 is 11.6 Å². The number of anilines is 1. The summed E-state index contributed by atoms with van der Waals surface area (Å²) in [6.07, 6.45) is 1.49. The summed E-state index contributed by atoms with van der Waals surface area (Å²) in [7, 11) is 0. The molecule has 3 aromatic heterocycles. The van der Waals surface area contributed by atoms with Crippen molar-refractivity contribution >= 4 is 34.2 Å². The Bertz CT molecular complexity index is 1340. The van der Waals surface area contributed by atoms with E-state index in [0.29, 0.717) is 11.6 Å². The number of benzene rings is 1. The molecule has 1 fully saturated rings. The van der Waals surface area contributed by atoms with Crippen LogP contribution in [0.3, 0.4) is 0 Å². The first-order valence-electron chi connectivity index (χ1n) is 11.5. The highest BCUT2D eigenvalue weighted by atomic mass is 35.5. The van der Waals surface area contributed by atoms with Gasteiger partial charge < -0.3 is 14.6 Å². The van der Waals surface area contributed by atoms with Crippen molar-refractivity contribution in [2.24, 2.45) is 5.92 Å². The minimum absolute atomic E-state index is 0.0328. The van der Waals surface area contributed by atoms with E-state index in [9.17, 15) is 4.79 Å². The number of carbonyl (C=O) groups excluding carboxylic acids is 1. The van der Waals surface area contributed by atoms with Crippen LogP contribution in [0, 0.1) is 26.7 Å². The van der Waals surface area contributed by atoms with Crippen molar-refractivity contribution in [1.82, 2.24) is 25.3 Å². The average molecular weight is 479 g/mol. The monoisotopic (exact) mass is 478 g/mol. The fourth-order valence-electron chi connectivity index (χ4n) is 4.61. The van der Waals surface area contributed by atoms with E-state index in [2.05, 4.69) is 20.4 Å². The smallest absolute Gasteiger partial charge is 0.223 e. The molecule has 0 bridgehead atoms. The fraction of sp³-hybridized carbons (Fsp3) is 0.360. The second-order valence-corrected chi connectivity index (χ2v) is 9.23. The van der Waals surface area contributed by atoms with Gasteiger partial charge in [-0.05, 0) is 70.0 Å². The van der Waals surface area contributed by atoms with Crippen molar-refractivity contribution in [3.05, 3.63) is 64.3 Å². The van der Waals surface area contributed by atoms with Gasteiger partial charge in [-0.1, -0.05) is 11.6 Å². The zero-order valence-electron chi connectivity index (χ0n) is 19.5. The SMILES string of the molecule is Cc1ccc(CNC(=O)C2CCN(c3nnc(C)c4c(C)n(-c5ccc(Cl)cc5)nc34)CC2)o1. The lowest BCUT2D eigenvalue weighted by molar-refractivity contribution is -0.125. The Hall–Kier alpha value is -3.39. The summed E-state index contributed by atoms with van der Waals surface area (Å²) in [6.45, 7) is 7.75. The van der Waals surface area contributed by atoms with Gasteiger partial charge in [-0.2, -0.15) is 10.2 Å². The van der Waals surface area contributed by atoms with Gasteiger partial charge >= 0.3 is 0 Å². The first kappa shape index (κ1) is 22.4. The molecule has 5 rings (SSSR count). The zero-order chi connectivity index (χ0) is 23.8. The second kappa shape index (κ2) is 9.10. The first-order chi connectivity index (χ1) is 16.4. The van der Waals surface area contributed by atoms with Gasteiger partial charge in [0.25, 0.3) is 0 Å². The van der Waals surface area contributed by atoms with Crippen molar-refractivity contribution in [3.8, 4) is 5.69 Å². The molecule has 0 unspecified atom stereocenters. The lowest BCUT2D eigenvalue weighted by Gasteiger charge is -2.31. The zero-order valence-corrected chi connectivity index (χ0v) is 20.3. The number of nitrogens with one attached hydrogen (secondary N) is 1. The number of aromatic nitrogens is 4. The number of hydrogen-bond acceptors (Lipinski definition) is 6. The van der Waals surface area contributed by atoms with E-state index in [1.54, 1.807) is 0 Å². The summed E-state index contributed by atoms with van der Waals surface area (Å²) < 4.78 is 7.46. The average Bonchev–Trinajstić information content (AvgIpc) is 3.42. The minimum Gasteiger partial charge on any atom is -0.465 e. The van der Waals surface area contributed by atoms with E-state index in [-0.39, 0.29) is 11.8 Å². The van der Waals surface area contributed by atoms with Crippen LogP contribution in [-0.2, 0) is 11.3 Å². The standard InChI is InChI=1S/C25H27ClN6O2/c1-15-4-9-21(34-15)14-27-25(33)18-10-12-31(13-11-18)24-23-22(16(2)28-29-24)17(3)32(30-23)20-7-5-19(26)6-8-20/h4-9,18H,10-14H2,1-3H3,(H,27,33). The molecule has 0 aliphatic carbocycles. The Morgan fingerprint density at radius 3 is 2.50 bits per heavy atom. The Balaban J connectivity index is 1.33. The summed E-state index contributed by atoms with van der Waals surface area (Å²) in [5.41, 5.74) is 3.62. The molecular weight excluding hydrogens is 452 g/mol. The third kappa shape index (κ3) is 4.25. The number of piperidine rings is 1. The van der Waals surface area contributed by atoms with Gasteiger partial charge in [-0.25, -0.2) is 4.68 Å². The van der Waals surface area contributed by atoms with Crippen molar-refractivity contribution in [3.63, 3.8) is 0 Å². The maximum atomic E-state index is 12.7. The maximum absolute atomic E-state index is 12.7. The van der Waals surface area contributed by atoms with Gasteiger partial charge in [0, 0.05) is 24.0 Å². The molecule has 1 aliphatic heterocycles. The molecule has 1 saturated heterocycles. The summed E-state index contributed by atoms with van der Waals surface area (Å²) in [5, 5.41) is 18.5. The summed E-state index contributed by atoms with van der Waals surface area (Å²) in [6, 6.07) is 11.4. The number of furan rings is 1. The van der Waals surface area contributed by atoms with Crippen molar-refractivity contribution in [2.75, 3.05) is 18.0 Å². The molecule has 9 heteroatoms. The van der Waals surface area contributed by atoms with E-state index in [0.717, 1.165) is 71.2 Å². The molecule has 4 heterocycles. The number of carbonyl (C=O) groups is 1. The number of amides is 1. The Kier molecular flexibility index (Phi) is 6.00. The number of fused-ring (bicyclic) bond motifs is 1. The van der Waals surface area contributed by atoms with Gasteiger partial charge in [0.2, 0.25) is 5.91 Å². The molecular formula is C25H27ClN6O2.